The number of rotatable bonds is 14. The van der Waals surface area contributed by atoms with E-state index in [4.69, 9.17) is 14.2 Å². The molecule has 6 nitrogen and oxygen atoms in total. The van der Waals surface area contributed by atoms with E-state index in [0.29, 0.717) is 0 Å². The van der Waals surface area contributed by atoms with Gasteiger partial charge < -0.3 is 18.9 Å². The standard InChI is InChI=1S/C23H34O6/c1-26-23(27-2,28-3)16-10-8-6-4-5-7-9-11-18-12-14-19(15-13-18)20-17-21(24)29-22(20)25/h12-15,20H,4-11,16-17H2,1-3H3. The minimum atomic E-state index is -0.900. The smallest absolute Gasteiger partial charge is 0.321 e. The predicted octanol–water partition coefficient (Wildman–Crippen LogP) is 4.50. The van der Waals surface area contributed by atoms with Crippen LogP contribution in [0.1, 0.15) is 74.8 Å². The Morgan fingerprint density at radius 2 is 1.41 bits per heavy atom. The Hall–Kier alpha value is -1.76. The summed E-state index contributed by atoms with van der Waals surface area (Å²) in [6.45, 7) is 0. The molecule has 2 rings (SSSR count). The number of hydrogen-bond acceptors (Lipinski definition) is 6. The first kappa shape index (κ1) is 23.5. The van der Waals surface area contributed by atoms with E-state index in [0.717, 1.165) is 37.7 Å². The summed E-state index contributed by atoms with van der Waals surface area (Å²) in [5, 5.41) is 0. The molecule has 0 aromatic heterocycles. The second-order valence-corrected chi connectivity index (χ2v) is 7.56. The molecule has 0 aliphatic carbocycles. The normalized spacial score (nSPS) is 17.0. The number of aryl methyl sites for hydroxylation is 1. The lowest BCUT2D eigenvalue weighted by atomic mass is 9.95. The number of benzene rings is 1. The molecule has 0 spiro atoms. The summed E-state index contributed by atoms with van der Waals surface area (Å²) in [6.07, 6.45) is 10.1. The monoisotopic (exact) mass is 406 g/mol. The van der Waals surface area contributed by atoms with Gasteiger partial charge in [-0.05, 0) is 30.4 Å². The van der Waals surface area contributed by atoms with Gasteiger partial charge in [-0.2, -0.15) is 0 Å². The van der Waals surface area contributed by atoms with Crippen molar-refractivity contribution in [2.75, 3.05) is 21.3 Å². The van der Waals surface area contributed by atoms with Crippen LogP contribution >= 0.6 is 0 Å². The van der Waals surface area contributed by atoms with E-state index in [-0.39, 0.29) is 6.42 Å². The van der Waals surface area contributed by atoms with Gasteiger partial charge >= 0.3 is 11.9 Å². The molecule has 6 heteroatoms. The highest BCUT2D eigenvalue weighted by atomic mass is 16.9. The first-order valence-corrected chi connectivity index (χ1v) is 10.5. The van der Waals surface area contributed by atoms with Crippen molar-refractivity contribution < 1.29 is 28.5 Å². The van der Waals surface area contributed by atoms with Crippen LogP contribution in [0.15, 0.2) is 24.3 Å². The molecule has 0 bridgehead atoms. The van der Waals surface area contributed by atoms with E-state index in [1.54, 1.807) is 21.3 Å². The van der Waals surface area contributed by atoms with Gasteiger partial charge in [-0.25, -0.2) is 0 Å². The summed E-state index contributed by atoms with van der Waals surface area (Å²) in [7, 11) is 4.80. The molecule has 1 heterocycles. The number of cyclic esters (lactones) is 2. The Labute approximate surface area is 173 Å². The van der Waals surface area contributed by atoms with Crippen molar-refractivity contribution in [3.63, 3.8) is 0 Å². The van der Waals surface area contributed by atoms with E-state index < -0.39 is 23.8 Å². The van der Waals surface area contributed by atoms with Crippen molar-refractivity contribution in [1.29, 1.82) is 0 Å². The van der Waals surface area contributed by atoms with Gasteiger partial charge in [0, 0.05) is 27.8 Å². The van der Waals surface area contributed by atoms with Crippen molar-refractivity contribution in [2.24, 2.45) is 0 Å². The molecule has 1 unspecified atom stereocenters. The van der Waals surface area contributed by atoms with E-state index >= 15 is 0 Å². The maximum Gasteiger partial charge on any atom is 0.321 e. The molecule has 0 saturated carbocycles. The predicted molar refractivity (Wildman–Crippen MR) is 109 cm³/mol. The molecule has 0 radical (unpaired) electrons. The van der Waals surface area contributed by atoms with E-state index in [2.05, 4.69) is 16.9 Å². The Kier molecular flexibility index (Phi) is 9.78. The molecule has 0 amide bonds. The van der Waals surface area contributed by atoms with Crippen LogP contribution in [0.3, 0.4) is 0 Å². The van der Waals surface area contributed by atoms with Crippen LogP contribution < -0.4 is 0 Å². The molecular formula is C23H34O6. The lowest BCUT2D eigenvalue weighted by Gasteiger charge is -2.28. The zero-order chi connectivity index (χ0) is 21.1. The van der Waals surface area contributed by atoms with Crippen molar-refractivity contribution in [3.05, 3.63) is 35.4 Å². The van der Waals surface area contributed by atoms with E-state index in [1.807, 2.05) is 12.1 Å². The molecule has 1 aliphatic rings. The quantitative estimate of drug-likeness (QED) is 0.196. The minimum Gasteiger partial charge on any atom is -0.393 e. The fraction of sp³-hybridized carbons (Fsp3) is 0.652. The molecule has 162 valence electrons. The van der Waals surface area contributed by atoms with Gasteiger partial charge in [-0.1, -0.05) is 56.4 Å². The number of carbonyl (C=O) groups is 2. The Bertz CT molecular complexity index is 627. The third kappa shape index (κ3) is 7.21. The summed E-state index contributed by atoms with van der Waals surface area (Å²) in [5.41, 5.74) is 2.13. The second-order valence-electron chi connectivity index (χ2n) is 7.56. The first-order chi connectivity index (χ1) is 14.0. The number of methoxy groups -OCH3 is 3. The third-order valence-corrected chi connectivity index (χ3v) is 5.63. The molecule has 0 N–H and O–H groups in total. The highest BCUT2D eigenvalue weighted by Crippen LogP contribution is 2.28. The molecule has 1 saturated heterocycles. The summed E-state index contributed by atoms with van der Waals surface area (Å²) in [6, 6.07) is 8.00. The number of hydrogen-bond donors (Lipinski definition) is 0. The summed E-state index contributed by atoms with van der Waals surface area (Å²) in [4.78, 5) is 22.9. The van der Waals surface area contributed by atoms with Gasteiger partial charge in [-0.15, -0.1) is 0 Å². The van der Waals surface area contributed by atoms with Crippen LogP contribution in [0.5, 0.6) is 0 Å². The largest absolute Gasteiger partial charge is 0.393 e. The van der Waals surface area contributed by atoms with Gasteiger partial charge in [0.25, 0.3) is 5.97 Å². The average molecular weight is 407 g/mol. The van der Waals surface area contributed by atoms with Gasteiger partial charge in [0.2, 0.25) is 0 Å². The average Bonchev–Trinajstić information content (AvgIpc) is 3.08. The van der Waals surface area contributed by atoms with Crippen LogP contribution in [0.2, 0.25) is 0 Å². The fourth-order valence-electron chi connectivity index (χ4n) is 3.76. The van der Waals surface area contributed by atoms with Crippen molar-refractivity contribution in [3.8, 4) is 0 Å². The molecule has 1 aromatic carbocycles. The lowest BCUT2D eigenvalue weighted by Crippen LogP contribution is -2.35. The topological polar surface area (TPSA) is 71.1 Å². The van der Waals surface area contributed by atoms with Crippen LogP contribution in [0, 0.1) is 0 Å². The van der Waals surface area contributed by atoms with Gasteiger partial charge in [0.1, 0.15) is 0 Å². The molecule has 1 fully saturated rings. The Morgan fingerprint density at radius 1 is 0.862 bits per heavy atom. The van der Waals surface area contributed by atoms with E-state index in [9.17, 15) is 9.59 Å². The fourth-order valence-corrected chi connectivity index (χ4v) is 3.76. The van der Waals surface area contributed by atoms with Gasteiger partial charge in [-0.3, -0.25) is 9.59 Å². The zero-order valence-electron chi connectivity index (χ0n) is 17.9. The Balaban J connectivity index is 1.55. The maximum atomic E-state index is 11.6. The molecular weight excluding hydrogens is 372 g/mol. The number of esters is 2. The third-order valence-electron chi connectivity index (χ3n) is 5.63. The first-order valence-electron chi connectivity index (χ1n) is 10.5. The molecule has 29 heavy (non-hydrogen) atoms. The highest BCUT2D eigenvalue weighted by Gasteiger charge is 2.34. The number of ether oxygens (including phenoxy) is 4. The minimum absolute atomic E-state index is 0.154. The SMILES string of the molecule is COC(CCCCCCCCCc1ccc(C2CC(=O)OC2=O)cc1)(OC)OC. The van der Waals surface area contributed by atoms with Crippen LogP contribution in [0.25, 0.3) is 0 Å². The zero-order valence-corrected chi connectivity index (χ0v) is 17.9. The lowest BCUT2D eigenvalue weighted by molar-refractivity contribution is -0.355. The highest BCUT2D eigenvalue weighted by molar-refractivity contribution is 5.97. The summed E-state index contributed by atoms with van der Waals surface area (Å²) < 4.78 is 20.5. The van der Waals surface area contributed by atoms with E-state index in [1.165, 1.54) is 31.2 Å². The van der Waals surface area contributed by atoms with Crippen molar-refractivity contribution in [2.45, 2.75) is 76.1 Å². The number of unbranched alkanes of at least 4 members (excludes halogenated alkanes) is 6. The molecule has 1 aromatic rings. The van der Waals surface area contributed by atoms with Crippen LogP contribution in [0.4, 0.5) is 0 Å². The van der Waals surface area contributed by atoms with Crippen molar-refractivity contribution in [1.82, 2.24) is 0 Å². The second kappa shape index (κ2) is 12.1. The van der Waals surface area contributed by atoms with Crippen LogP contribution in [-0.4, -0.2) is 39.2 Å². The molecule has 1 atom stereocenters. The summed E-state index contributed by atoms with van der Waals surface area (Å²) in [5.74, 6) is -2.19. The van der Waals surface area contributed by atoms with Crippen LogP contribution in [-0.2, 0) is 35.0 Å². The number of carbonyl (C=O) groups excluding carboxylic acids is 2. The maximum absolute atomic E-state index is 11.6. The summed E-state index contributed by atoms with van der Waals surface area (Å²) >= 11 is 0. The van der Waals surface area contributed by atoms with Crippen molar-refractivity contribution >= 4 is 11.9 Å². The molecule has 1 aliphatic heterocycles. The Morgan fingerprint density at radius 3 is 1.93 bits per heavy atom. The van der Waals surface area contributed by atoms with Gasteiger partial charge in [0.15, 0.2) is 0 Å². The van der Waals surface area contributed by atoms with Gasteiger partial charge in [0.05, 0.1) is 12.3 Å².